The number of amides is 1. The number of methoxy groups -OCH3 is 2. The van der Waals surface area contributed by atoms with Gasteiger partial charge in [0.05, 0.1) is 14.2 Å². The van der Waals surface area contributed by atoms with Crippen molar-refractivity contribution in [3.05, 3.63) is 64.3 Å². The number of benzene rings is 2. The van der Waals surface area contributed by atoms with Crippen molar-refractivity contribution in [3.63, 3.8) is 0 Å². The van der Waals surface area contributed by atoms with E-state index in [1.54, 1.807) is 26.4 Å². The Labute approximate surface area is 150 Å². The van der Waals surface area contributed by atoms with Crippen molar-refractivity contribution in [1.29, 1.82) is 0 Å². The van der Waals surface area contributed by atoms with Gasteiger partial charge in [-0.15, -0.1) is 0 Å². The fraction of sp³-hybridized carbons (Fsp3) is 0.158. The molecule has 0 fully saturated rings. The lowest BCUT2D eigenvalue weighted by atomic mass is 10.1. The van der Waals surface area contributed by atoms with Gasteiger partial charge >= 0.3 is 0 Å². The van der Waals surface area contributed by atoms with Crippen molar-refractivity contribution in [2.45, 2.75) is 6.42 Å². The zero-order valence-corrected chi connectivity index (χ0v) is 14.6. The molecule has 25 heavy (non-hydrogen) atoms. The van der Waals surface area contributed by atoms with E-state index in [-0.39, 0.29) is 5.91 Å². The summed E-state index contributed by atoms with van der Waals surface area (Å²) in [6.45, 7) is 0. The van der Waals surface area contributed by atoms with Gasteiger partial charge in [0.2, 0.25) is 0 Å². The average Bonchev–Trinajstić information content (AvgIpc) is 2.95. The Morgan fingerprint density at radius 3 is 2.32 bits per heavy atom. The minimum atomic E-state index is -0.231. The van der Waals surface area contributed by atoms with Crippen LogP contribution in [0, 0.1) is 0 Å². The summed E-state index contributed by atoms with van der Waals surface area (Å²) < 4.78 is 10.5. The van der Waals surface area contributed by atoms with Gasteiger partial charge < -0.3 is 14.8 Å². The molecular formula is C19H17ClN2O3. The van der Waals surface area contributed by atoms with Crippen LogP contribution in [0.1, 0.15) is 11.1 Å². The molecule has 1 aliphatic heterocycles. The van der Waals surface area contributed by atoms with Crippen molar-refractivity contribution >= 4 is 29.4 Å². The van der Waals surface area contributed by atoms with Crippen LogP contribution in [0.4, 0.5) is 0 Å². The third-order valence-corrected chi connectivity index (χ3v) is 3.96. The van der Waals surface area contributed by atoms with Crippen molar-refractivity contribution in [1.82, 2.24) is 5.32 Å². The van der Waals surface area contributed by atoms with E-state index in [1.807, 2.05) is 36.4 Å². The molecule has 3 rings (SSSR count). The topological polar surface area (TPSA) is 59.9 Å². The van der Waals surface area contributed by atoms with Gasteiger partial charge in [-0.2, -0.15) is 0 Å². The largest absolute Gasteiger partial charge is 0.497 e. The first kappa shape index (κ1) is 17.0. The zero-order valence-electron chi connectivity index (χ0n) is 13.9. The molecule has 0 radical (unpaired) electrons. The zero-order chi connectivity index (χ0) is 17.8. The number of rotatable bonds is 5. The van der Waals surface area contributed by atoms with Crippen LogP contribution in [0.2, 0.25) is 5.02 Å². The summed E-state index contributed by atoms with van der Waals surface area (Å²) in [5.41, 5.74) is 2.14. The highest BCUT2D eigenvalue weighted by Gasteiger charge is 2.20. The predicted octanol–water partition coefficient (Wildman–Crippen LogP) is 3.47. The molecule has 2 aromatic rings. The van der Waals surface area contributed by atoms with Crippen LogP contribution >= 0.6 is 11.6 Å². The fourth-order valence-electron chi connectivity index (χ4n) is 2.47. The van der Waals surface area contributed by atoms with Crippen LogP contribution in [-0.2, 0) is 11.2 Å². The van der Waals surface area contributed by atoms with Crippen molar-refractivity contribution in [2.24, 2.45) is 4.99 Å². The molecule has 128 valence electrons. The minimum Gasteiger partial charge on any atom is -0.497 e. The molecule has 6 heteroatoms. The second-order valence-electron chi connectivity index (χ2n) is 5.49. The van der Waals surface area contributed by atoms with Crippen molar-refractivity contribution < 1.29 is 14.3 Å². The molecule has 1 heterocycles. The first-order valence-corrected chi connectivity index (χ1v) is 8.03. The van der Waals surface area contributed by atoms with E-state index >= 15 is 0 Å². The predicted molar refractivity (Wildman–Crippen MR) is 98.3 cm³/mol. The lowest BCUT2D eigenvalue weighted by Gasteiger charge is -2.05. The molecule has 1 aliphatic rings. The highest BCUT2D eigenvalue weighted by atomic mass is 35.5. The van der Waals surface area contributed by atoms with Gasteiger partial charge in [-0.05, 0) is 41.5 Å². The number of hydrogen-bond acceptors (Lipinski definition) is 4. The monoisotopic (exact) mass is 356 g/mol. The Hall–Kier alpha value is -2.79. The van der Waals surface area contributed by atoms with Crippen LogP contribution in [-0.4, -0.2) is 26.0 Å². The van der Waals surface area contributed by atoms with E-state index in [4.69, 9.17) is 21.1 Å². The summed E-state index contributed by atoms with van der Waals surface area (Å²) in [6.07, 6.45) is 2.23. The van der Waals surface area contributed by atoms with Gasteiger partial charge in [-0.25, -0.2) is 4.99 Å². The molecule has 0 bridgehead atoms. The molecule has 1 N–H and O–H groups in total. The normalized spacial score (nSPS) is 15.1. The molecule has 5 nitrogen and oxygen atoms in total. The van der Waals surface area contributed by atoms with Crippen LogP contribution < -0.4 is 14.8 Å². The Balaban J connectivity index is 1.84. The summed E-state index contributed by atoms with van der Waals surface area (Å²) in [5.74, 6) is 1.67. The Bertz CT molecular complexity index is 835. The lowest BCUT2D eigenvalue weighted by Crippen LogP contribution is -2.25. The summed E-state index contributed by atoms with van der Waals surface area (Å²) >= 11 is 5.88. The summed E-state index contributed by atoms with van der Waals surface area (Å²) in [5, 5.41) is 3.47. The van der Waals surface area contributed by atoms with Gasteiger partial charge in [-0.1, -0.05) is 23.7 Å². The maximum absolute atomic E-state index is 12.2. The number of nitrogens with zero attached hydrogens (tertiary/aromatic N) is 1. The van der Waals surface area contributed by atoms with E-state index in [2.05, 4.69) is 10.3 Å². The molecule has 2 aromatic carbocycles. The Morgan fingerprint density at radius 1 is 1.08 bits per heavy atom. The Kier molecular flexibility index (Phi) is 5.05. The number of halogens is 1. The molecule has 0 atom stereocenters. The summed E-state index contributed by atoms with van der Waals surface area (Å²) in [4.78, 5) is 16.6. The number of hydrogen-bond donors (Lipinski definition) is 1. The fourth-order valence-corrected chi connectivity index (χ4v) is 2.59. The molecule has 1 amide bonds. The average molecular weight is 357 g/mol. The number of nitrogens with one attached hydrogen (secondary N) is 1. The van der Waals surface area contributed by atoms with E-state index in [0.717, 1.165) is 11.1 Å². The highest BCUT2D eigenvalue weighted by molar-refractivity contribution is 6.30. The minimum absolute atomic E-state index is 0.231. The maximum atomic E-state index is 12.2. The number of amidine groups is 1. The van der Waals surface area contributed by atoms with Gasteiger partial charge in [0.15, 0.2) is 0 Å². The van der Waals surface area contributed by atoms with Gasteiger partial charge in [0.1, 0.15) is 23.0 Å². The maximum Gasteiger partial charge on any atom is 0.275 e. The molecule has 0 aliphatic carbocycles. The van der Waals surface area contributed by atoms with Gasteiger partial charge in [0.25, 0.3) is 5.91 Å². The number of ether oxygens (including phenoxy) is 2. The smallest absolute Gasteiger partial charge is 0.275 e. The molecular weight excluding hydrogens is 340 g/mol. The lowest BCUT2D eigenvalue weighted by molar-refractivity contribution is -0.115. The SMILES string of the molecule is COc1cc(/C=C2/N=C(Cc3ccc(Cl)cc3)NC2=O)cc(OC)c1. The van der Waals surface area contributed by atoms with Gasteiger partial charge in [0, 0.05) is 17.5 Å². The quantitative estimate of drug-likeness (QED) is 0.834. The van der Waals surface area contributed by atoms with Gasteiger partial charge in [-0.3, -0.25) is 4.79 Å². The standard InChI is InChI=1S/C19H17ClN2O3/c1-24-15-7-13(8-16(11-15)25-2)9-17-19(23)22-18(21-17)10-12-3-5-14(20)6-4-12/h3-9,11H,10H2,1-2H3,(H,21,22,23)/b17-9+. The third-order valence-electron chi connectivity index (χ3n) is 3.71. The van der Waals surface area contributed by atoms with E-state index in [9.17, 15) is 4.79 Å². The van der Waals surface area contributed by atoms with Crippen LogP contribution in [0.3, 0.4) is 0 Å². The third kappa shape index (κ3) is 4.19. The Morgan fingerprint density at radius 2 is 1.72 bits per heavy atom. The second-order valence-corrected chi connectivity index (χ2v) is 5.93. The van der Waals surface area contributed by atoms with E-state index in [0.29, 0.717) is 34.5 Å². The molecule has 0 unspecified atom stereocenters. The number of carbonyl (C=O) groups is 1. The van der Waals surface area contributed by atoms with Crippen LogP contribution in [0.25, 0.3) is 6.08 Å². The summed E-state index contributed by atoms with van der Waals surface area (Å²) in [6, 6.07) is 12.8. The van der Waals surface area contributed by atoms with Crippen LogP contribution in [0.15, 0.2) is 53.2 Å². The number of carbonyl (C=O) groups excluding carboxylic acids is 1. The van der Waals surface area contributed by atoms with Crippen molar-refractivity contribution in [2.75, 3.05) is 14.2 Å². The molecule has 0 aromatic heterocycles. The molecule has 0 saturated heterocycles. The van der Waals surface area contributed by atoms with Crippen molar-refractivity contribution in [3.8, 4) is 11.5 Å². The first-order valence-electron chi connectivity index (χ1n) is 7.65. The highest BCUT2D eigenvalue weighted by Crippen LogP contribution is 2.25. The van der Waals surface area contributed by atoms with Crippen LogP contribution in [0.5, 0.6) is 11.5 Å². The first-order chi connectivity index (χ1) is 12.1. The molecule has 0 spiro atoms. The summed E-state index contributed by atoms with van der Waals surface area (Å²) in [7, 11) is 3.16. The number of aliphatic imine (C=N–C) groups is 1. The molecule has 0 saturated carbocycles. The second kappa shape index (κ2) is 7.40. The van der Waals surface area contributed by atoms with E-state index in [1.165, 1.54) is 0 Å². The van der Waals surface area contributed by atoms with E-state index < -0.39 is 0 Å².